The van der Waals surface area contributed by atoms with E-state index in [0.29, 0.717) is 32.1 Å². The highest BCUT2D eigenvalue weighted by molar-refractivity contribution is 7.89. The van der Waals surface area contributed by atoms with Crippen LogP contribution in [0.5, 0.6) is 0 Å². The van der Waals surface area contributed by atoms with Gasteiger partial charge in [-0.3, -0.25) is 4.68 Å². The fourth-order valence-electron chi connectivity index (χ4n) is 2.44. The van der Waals surface area contributed by atoms with Crippen LogP contribution in [0.2, 0.25) is 0 Å². The van der Waals surface area contributed by atoms with E-state index in [4.69, 9.17) is 5.73 Å². The van der Waals surface area contributed by atoms with Crippen LogP contribution in [0.4, 0.5) is 0 Å². The molecular formula is C12H22N4O2S. The van der Waals surface area contributed by atoms with Crippen molar-refractivity contribution >= 4 is 10.0 Å². The molecule has 0 unspecified atom stereocenters. The first-order valence-electron chi connectivity index (χ1n) is 6.80. The number of nitrogens with zero attached hydrogens (tertiary/aromatic N) is 3. The molecule has 2 heterocycles. The minimum Gasteiger partial charge on any atom is -0.329 e. The fraction of sp³-hybridized carbons (Fsp3) is 0.750. The Balaban J connectivity index is 2.09. The van der Waals surface area contributed by atoms with Gasteiger partial charge in [0, 0.05) is 25.8 Å². The van der Waals surface area contributed by atoms with Crippen LogP contribution in [0, 0.1) is 5.92 Å². The third-order valence-corrected chi connectivity index (χ3v) is 5.61. The molecule has 0 radical (unpaired) electrons. The number of aromatic nitrogens is 2. The first-order valence-corrected chi connectivity index (χ1v) is 8.24. The van der Waals surface area contributed by atoms with Gasteiger partial charge in [-0.25, -0.2) is 8.42 Å². The summed E-state index contributed by atoms with van der Waals surface area (Å²) in [5.41, 5.74) is 5.43. The average molecular weight is 286 g/mol. The highest BCUT2D eigenvalue weighted by Gasteiger charge is 2.29. The van der Waals surface area contributed by atoms with E-state index >= 15 is 0 Å². The Morgan fingerprint density at radius 1 is 1.42 bits per heavy atom. The van der Waals surface area contributed by atoms with Crippen molar-refractivity contribution in [3.8, 4) is 0 Å². The van der Waals surface area contributed by atoms with Gasteiger partial charge in [-0.2, -0.15) is 9.40 Å². The normalized spacial score (nSPS) is 18.8. The van der Waals surface area contributed by atoms with E-state index < -0.39 is 10.0 Å². The summed E-state index contributed by atoms with van der Waals surface area (Å²) in [6, 6.07) is 0. The lowest BCUT2D eigenvalue weighted by atomic mass is 9.96. The van der Waals surface area contributed by atoms with Gasteiger partial charge in [0.15, 0.2) is 0 Å². The minimum absolute atomic E-state index is 0.274. The number of hydrogen-bond acceptors (Lipinski definition) is 4. The Morgan fingerprint density at radius 2 is 2.11 bits per heavy atom. The molecular weight excluding hydrogens is 264 g/mol. The molecule has 0 aliphatic carbocycles. The highest BCUT2D eigenvalue weighted by atomic mass is 32.2. The predicted octanol–water partition coefficient (Wildman–Crippen LogP) is 0.653. The van der Waals surface area contributed by atoms with Crippen molar-refractivity contribution in [2.75, 3.05) is 19.6 Å². The Kier molecular flexibility index (Phi) is 4.59. The van der Waals surface area contributed by atoms with Crippen molar-refractivity contribution in [2.45, 2.75) is 37.6 Å². The van der Waals surface area contributed by atoms with Crippen LogP contribution in [0.25, 0.3) is 0 Å². The SMILES string of the molecule is CCC1CCN(S(=O)(=O)c2cnn(CCN)c2)CC1. The first-order chi connectivity index (χ1) is 9.07. The Hall–Kier alpha value is -0.920. The number of hydrogen-bond donors (Lipinski definition) is 1. The van der Waals surface area contributed by atoms with Gasteiger partial charge in [-0.05, 0) is 18.8 Å². The topological polar surface area (TPSA) is 81.2 Å². The molecule has 108 valence electrons. The lowest BCUT2D eigenvalue weighted by Gasteiger charge is -2.30. The zero-order valence-corrected chi connectivity index (χ0v) is 12.1. The van der Waals surface area contributed by atoms with Crippen molar-refractivity contribution < 1.29 is 8.42 Å². The molecule has 19 heavy (non-hydrogen) atoms. The van der Waals surface area contributed by atoms with E-state index in [-0.39, 0.29) is 4.90 Å². The molecule has 1 aromatic rings. The van der Waals surface area contributed by atoms with Crippen molar-refractivity contribution in [3.63, 3.8) is 0 Å². The Labute approximate surface area is 114 Å². The van der Waals surface area contributed by atoms with Crippen LogP contribution in [0.3, 0.4) is 0 Å². The number of piperidine rings is 1. The van der Waals surface area contributed by atoms with Crippen molar-refractivity contribution in [3.05, 3.63) is 12.4 Å². The molecule has 1 fully saturated rings. The van der Waals surface area contributed by atoms with Crippen LogP contribution in [-0.4, -0.2) is 42.1 Å². The van der Waals surface area contributed by atoms with Crippen molar-refractivity contribution in [2.24, 2.45) is 11.7 Å². The average Bonchev–Trinajstić information content (AvgIpc) is 2.89. The van der Waals surface area contributed by atoms with E-state index in [1.807, 2.05) is 0 Å². The predicted molar refractivity (Wildman–Crippen MR) is 73.1 cm³/mol. The zero-order valence-electron chi connectivity index (χ0n) is 11.3. The largest absolute Gasteiger partial charge is 0.329 e. The second-order valence-corrected chi connectivity index (χ2v) is 6.92. The third kappa shape index (κ3) is 3.16. The van der Waals surface area contributed by atoms with Gasteiger partial charge in [0.05, 0.1) is 12.7 Å². The van der Waals surface area contributed by atoms with Gasteiger partial charge in [-0.1, -0.05) is 13.3 Å². The van der Waals surface area contributed by atoms with E-state index in [1.54, 1.807) is 15.2 Å². The summed E-state index contributed by atoms with van der Waals surface area (Å²) in [5, 5.41) is 4.03. The Bertz CT molecular complexity index is 504. The molecule has 0 saturated carbocycles. The molecule has 6 nitrogen and oxygen atoms in total. The molecule has 0 spiro atoms. The molecule has 0 aromatic carbocycles. The fourth-order valence-corrected chi connectivity index (χ4v) is 3.86. The van der Waals surface area contributed by atoms with Crippen LogP contribution < -0.4 is 5.73 Å². The Morgan fingerprint density at radius 3 is 2.68 bits per heavy atom. The van der Waals surface area contributed by atoms with E-state index in [2.05, 4.69) is 12.0 Å². The number of sulfonamides is 1. The van der Waals surface area contributed by atoms with Gasteiger partial charge in [0.2, 0.25) is 10.0 Å². The smallest absolute Gasteiger partial charge is 0.246 e. The third-order valence-electron chi connectivity index (χ3n) is 3.76. The number of rotatable bonds is 5. The quantitative estimate of drug-likeness (QED) is 0.862. The summed E-state index contributed by atoms with van der Waals surface area (Å²) in [7, 11) is -3.38. The molecule has 1 aromatic heterocycles. The van der Waals surface area contributed by atoms with Gasteiger partial charge < -0.3 is 5.73 Å². The molecule has 1 aliphatic heterocycles. The zero-order chi connectivity index (χ0) is 13.9. The second kappa shape index (κ2) is 6.02. The summed E-state index contributed by atoms with van der Waals surface area (Å²) < 4.78 is 28.0. The number of nitrogens with two attached hydrogens (primary N) is 1. The lowest BCUT2D eigenvalue weighted by molar-refractivity contribution is 0.269. The maximum Gasteiger partial charge on any atom is 0.246 e. The molecule has 2 N–H and O–H groups in total. The molecule has 0 bridgehead atoms. The van der Waals surface area contributed by atoms with E-state index in [0.717, 1.165) is 19.3 Å². The highest BCUT2D eigenvalue weighted by Crippen LogP contribution is 2.25. The molecule has 2 rings (SSSR count). The summed E-state index contributed by atoms with van der Waals surface area (Å²) in [6.07, 6.45) is 6.01. The molecule has 7 heteroatoms. The van der Waals surface area contributed by atoms with Crippen molar-refractivity contribution in [1.82, 2.24) is 14.1 Å². The second-order valence-electron chi connectivity index (χ2n) is 4.98. The summed E-state index contributed by atoms with van der Waals surface area (Å²) in [6.45, 7) is 4.37. The maximum absolute atomic E-state index is 12.4. The van der Waals surface area contributed by atoms with Gasteiger partial charge in [0.1, 0.15) is 4.90 Å². The monoisotopic (exact) mass is 286 g/mol. The van der Waals surface area contributed by atoms with Gasteiger partial charge in [0.25, 0.3) is 0 Å². The van der Waals surface area contributed by atoms with Gasteiger partial charge >= 0.3 is 0 Å². The van der Waals surface area contributed by atoms with Gasteiger partial charge in [-0.15, -0.1) is 0 Å². The first kappa shape index (κ1) is 14.5. The molecule has 0 amide bonds. The summed E-state index contributed by atoms with van der Waals surface area (Å²) >= 11 is 0. The summed E-state index contributed by atoms with van der Waals surface area (Å²) in [5.74, 6) is 0.659. The lowest BCUT2D eigenvalue weighted by Crippen LogP contribution is -2.38. The molecule has 0 atom stereocenters. The van der Waals surface area contributed by atoms with Crippen LogP contribution in [-0.2, 0) is 16.6 Å². The standard InChI is InChI=1S/C12H22N4O2S/c1-2-11-3-6-16(7-4-11)19(17,18)12-9-14-15(10-12)8-5-13/h9-11H,2-8,13H2,1H3. The van der Waals surface area contributed by atoms with Crippen molar-refractivity contribution in [1.29, 1.82) is 0 Å². The summed E-state index contributed by atoms with van der Waals surface area (Å²) in [4.78, 5) is 0.274. The van der Waals surface area contributed by atoms with Crippen LogP contribution in [0.15, 0.2) is 17.3 Å². The molecule has 1 saturated heterocycles. The maximum atomic E-state index is 12.4. The van der Waals surface area contributed by atoms with Crippen LogP contribution >= 0.6 is 0 Å². The minimum atomic E-state index is -3.38. The van der Waals surface area contributed by atoms with E-state index in [9.17, 15) is 8.42 Å². The van der Waals surface area contributed by atoms with Crippen LogP contribution in [0.1, 0.15) is 26.2 Å². The molecule has 1 aliphatic rings. The van der Waals surface area contributed by atoms with E-state index in [1.165, 1.54) is 6.20 Å².